The summed E-state index contributed by atoms with van der Waals surface area (Å²) in [6.45, 7) is 6.68. The van der Waals surface area contributed by atoms with Gasteiger partial charge in [0, 0.05) is 11.7 Å². The Hall–Kier alpha value is -1.20. The molecule has 1 atom stereocenters. The summed E-state index contributed by atoms with van der Waals surface area (Å²) < 4.78 is 15.7. The van der Waals surface area contributed by atoms with Gasteiger partial charge in [0.15, 0.2) is 0 Å². The van der Waals surface area contributed by atoms with E-state index in [1.807, 2.05) is 18.5 Å². The van der Waals surface area contributed by atoms with E-state index in [1.54, 1.807) is 12.1 Å². The van der Waals surface area contributed by atoms with E-state index in [4.69, 9.17) is 5.73 Å². The lowest BCUT2D eigenvalue weighted by Gasteiger charge is -2.08. The molecule has 2 rings (SSSR count). The predicted octanol–water partition coefficient (Wildman–Crippen LogP) is 3.34. The monoisotopic (exact) mass is 339 g/mol. The molecular weight excluding hydrogens is 321 g/mol. The molecule has 0 radical (unpaired) electrons. The Labute approximate surface area is 127 Å². The zero-order valence-electron chi connectivity index (χ0n) is 12.0. The molecule has 2 N–H and O–H groups in total. The number of aromatic nitrogens is 2. The summed E-state index contributed by atoms with van der Waals surface area (Å²) in [6.07, 6.45) is 0.824. The molecule has 0 saturated carbocycles. The lowest BCUT2D eigenvalue weighted by molar-refractivity contribution is 0.615. The largest absolute Gasteiger partial charge is 0.328 e. The highest BCUT2D eigenvalue weighted by Gasteiger charge is 2.13. The highest BCUT2D eigenvalue weighted by atomic mass is 79.9. The third kappa shape index (κ3) is 3.27. The first kappa shape index (κ1) is 15.2. The van der Waals surface area contributed by atoms with Gasteiger partial charge in [-0.15, -0.1) is 0 Å². The summed E-state index contributed by atoms with van der Waals surface area (Å²) in [7, 11) is 0. The number of nitrogens with two attached hydrogens (primary N) is 1. The SMILES string of the molecule is Cc1nn(Cc2ccc(F)c(Br)c2)c(C)c1CC(C)N. The van der Waals surface area contributed by atoms with Gasteiger partial charge in [0.05, 0.1) is 16.7 Å². The molecule has 0 fully saturated rings. The Balaban J connectivity index is 2.27. The Morgan fingerprint density at radius 3 is 2.70 bits per heavy atom. The third-order valence-electron chi connectivity index (χ3n) is 3.37. The second-order valence-corrected chi connectivity index (χ2v) is 6.09. The molecule has 0 aliphatic rings. The van der Waals surface area contributed by atoms with Crippen LogP contribution < -0.4 is 5.73 Å². The van der Waals surface area contributed by atoms with Crippen LogP contribution in [0.25, 0.3) is 0 Å². The normalized spacial score (nSPS) is 12.7. The smallest absolute Gasteiger partial charge is 0.137 e. The van der Waals surface area contributed by atoms with Crippen molar-refractivity contribution in [3.05, 3.63) is 51.0 Å². The number of nitrogens with zero attached hydrogens (tertiary/aromatic N) is 2. The fraction of sp³-hybridized carbons (Fsp3) is 0.400. The van der Waals surface area contributed by atoms with Crippen molar-refractivity contribution in [2.45, 2.75) is 39.8 Å². The van der Waals surface area contributed by atoms with Crippen LogP contribution in [0.4, 0.5) is 4.39 Å². The van der Waals surface area contributed by atoms with Crippen molar-refractivity contribution in [1.29, 1.82) is 0 Å². The summed E-state index contributed by atoms with van der Waals surface area (Å²) in [5.41, 5.74) is 10.2. The second-order valence-electron chi connectivity index (χ2n) is 5.24. The summed E-state index contributed by atoms with van der Waals surface area (Å²) in [4.78, 5) is 0. The molecule has 0 aliphatic heterocycles. The number of hydrogen-bond donors (Lipinski definition) is 1. The summed E-state index contributed by atoms with van der Waals surface area (Å²) in [5, 5.41) is 4.56. The highest BCUT2D eigenvalue weighted by molar-refractivity contribution is 9.10. The Bertz CT molecular complexity index is 620. The molecular formula is C15H19BrFN3. The van der Waals surface area contributed by atoms with Gasteiger partial charge in [-0.2, -0.15) is 5.10 Å². The van der Waals surface area contributed by atoms with Crippen LogP contribution >= 0.6 is 15.9 Å². The molecule has 20 heavy (non-hydrogen) atoms. The molecule has 108 valence electrons. The average Bonchev–Trinajstić information content (AvgIpc) is 2.61. The maximum Gasteiger partial charge on any atom is 0.137 e. The standard InChI is InChI=1S/C15H19BrFN3/c1-9(18)6-13-10(2)19-20(11(13)3)8-12-4-5-15(17)14(16)7-12/h4-5,7,9H,6,8,18H2,1-3H3. The molecule has 3 nitrogen and oxygen atoms in total. The molecule has 1 aromatic carbocycles. The van der Waals surface area contributed by atoms with E-state index in [1.165, 1.54) is 11.6 Å². The van der Waals surface area contributed by atoms with Crippen LogP contribution in [0.3, 0.4) is 0 Å². The molecule has 0 bridgehead atoms. The first-order chi connectivity index (χ1) is 9.38. The molecule has 1 heterocycles. The molecule has 1 aromatic heterocycles. The van der Waals surface area contributed by atoms with Crippen LogP contribution in [0.5, 0.6) is 0 Å². The van der Waals surface area contributed by atoms with Gasteiger partial charge in [0.2, 0.25) is 0 Å². The van der Waals surface area contributed by atoms with Crippen molar-refractivity contribution >= 4 is 15.9 Å². The molecule has 0 aliphatic carbocycles. The minimum absolute atomic E-state index is 0.116. The lowest BCUT2D eigenvalue weighted by atomic mass is 10.1. The van der Waals surface area contributed by atoms with Gasteiger partial charge in [-0.1, -0.05) is 6.07 Å². The number of aryl methyl sites for hydroxylation is 1. The molecule has 5 heteroatoms. The van der Waals surface area contributed by atoms with E-state index in [0.29, 0.717) is 11.0 Å². The van der Waals surface area contributed by atoms with Crippen molar-refractivity contribution in [2.24, 2.45) is 5.73 Å². The molecule has 2 aromatic rings. The van der Waals surface area contributed by atoms with Crippen molar-refractivity contribution in [2.75, 3.05) is 0 Å². The minimum atomic E-state index is -0.250. The van der Waals surface area contributed by atoms with Crippen molar-refractivity contribution < 1.29 is 4.39 Å². The first-order valence-corrected chi connectivity index (χ1v) is 7.40. The van der Waals surface area contributed by atoms with Gasteiger partial charge in [-0.05, 0) is 66.4 Å². The molecule has 0 spiro atoms. The first-order valence-electron chi connectivity index (χ1n) is 6.61. The van der Waals surface area contributed by atoms with Crippen LogP contribution in [-0.2, 0) is 13.0 Å². The number of benzene rings is 1. The Morgan fingerprint density at radius 2 is 2.10 bits per heavy atom. The van der Waals surface area contributed by atoms with Gasteiger partial charge in [0.25, 0.3) is 0 Å². The predicted molar refractivity (Wildman–Crippen MR) is 82.3 cm³/mol. The average molecular weight is 340 g/mol. The van der Waals surface area contributed by atoms with Crippen molar-refractivity contribution in [3.8, 4) is 0 Å². The molecule has 1 unspecified atom stereocenters. The van der Waals surface area contributed by atoms with Crippen LogP contribution in [0.1, 0.15) is 29.4 Å². The zero-order chi connectivity index (χ0) is 14.9. The van der Waals surface area contributed by atoms with E-state index in [9.17, 15) is 4.39 Å². The maximum atomic E-state index is 13.2. The second kappa shape index (κ2) is 6.06. The van der Waals surface area contributed by atoms with Gasteiger partial charge < -0.3 is 5.73 Å². The lowest BCUT2D eigenvalue weighted by Crippen LogP contribution is -2.18. The summed E-state index contributed by atoms with van der Waals surface area (Å²) in [6, 6.07) is 5.15. The Morgan fingerprint density at radius 1 is 1.40 bits per heavy atom. The van der Waals surface area contributed by atoms with E-state index >= 15 is 0 Å². The number of rotatable bonds is 4. The fourth-order valence-corrected chi connectivity index (χ4v) is 2.74. The molecule has 0 amide bonds. The number of hydrogen-bond acceptors (Lipinski definition) is 2. The van der Waals surface area contributed by atoms with Crippen LogP contribution in [0.15, 0.2) is 22.7 Å². The topological polar surface area (TPSA) is 43.8 Å². The fourth-order valence-electron chi connectivity index (χ4n) is 2.32. The van der Waals surface area contributed by atoms with Gasteiger partial charge in [0.1, 0.15) is 5.82 Å². The third-order valence-corrected chi connectivity index (χ3v) is 3.98. The van der Waals surface area contributed by atoms with Gasteiger partial charge in [-0.3, -0.25) is 4.68 Å². The molecule has 0 saturated heterocycles. The zero-order valence-corrected chi connectivity index (χ0v) is 13.5. The number of halogens is 2. The van der Waals surface area contributed by atoms with E-state index < -0.39 is 0 Å². The quantitative estimate of drug-likeness (QED) is 0.928. The van der Waals surface area contributed by atoms with E-state index in [0.717, 1.165) is 23.4 Å². The van der Waals surface area contributed by atoms with Crippen LogP contribution in [-0.4, -0.2) is 15.8 Å². The van der Waals surface area contributed by atoms with Gasteiger partial charge >= 0.3 is 0 Å². The summed E-state index contributed by atoms with van der Waals surface area (Å²) >= 11 is 3.21. The highest BCUT2D eigenvalue weighted by Crippen LogP contribution is 2.20. The summed E-state index contributed by atoms with van der Waals surface area (Å²) in [5.74, 6) is -0.250. The van der Waals surface area contributed by atoms with Crippen molar-refractivity contribution in [1.82, 2.24) is 9.78 Å². The van der Waals surface area contributed by atoms with E-state index in [2.05, 4.69) is 28.0 Å². The van der Waals surface area contributed by atoms with Crippen LogP contribution in [0, 0.1) is 19.7 Å². The van der Waals surface area contributed by atoms with E-state index in [-0.39, 0.29) is 11.9 Å². The van der Waals surface area contributed by atoms with Gasteiger partial charge in [-0.25, -0.2) is 4.39 Å². The Kier molecular flexibility index (Phi) is 4.60. The van der Waals surface area contributed by atoms with Crippen molar-refractivity contribution in [3.63, 3.8) is 0 Å². The minimum Gasteiger partial charge on any atom is -0.328 e. The van der Waals surface area contributed by atoms with Crippen LogP contribution in [0.2, 0.25) is 0 Å². The maximum absolute atomic E-state index is 13.2.